The second kappa shape index (κ2) is 5.35. The number of nitrogens with two attached hydrogens (primary N) is 1. The lowest BCUT2D eigenvalue weighted by molar-refractivity contribution is -0.128. The van der Waals surface area contributed by atoms with Crippen LogP contribution in [0.15, 0.2) is 12.3 Å². The Morgan fingerprint density at radius 1 is 1.30 bits per heavy atom. The maximum Gasteiger partial charge on any atom is 0.318 e. The molecule has 1 aromatic rings. The maximum atomic E-state index is 12.3. The highest BCUT2D eigenvalue weighted by Crippen LogP contribution is 2.61. The average molecular weight is 316 g/mol. The van der Waals surface area contributed by atoms with Crippen molar-refractivity contribution in [3.8, 4) is 6.01 Å². The lowest BCUT2D eigenvalue weighted by Gasteiger charge is -2.58. The zero-order valence-corrected chi connectivity index (χ0v) is 13.5. The Hall–Kier alpha value is -1.85. The highest BCUT2D eigenvalue weighted by Gasteiger charge is 2.55. The van der Waals surface area contributed by atoms with Gasteiger partial charge in [-0.1, -0.05) is 0 Å². The summed E-state index contributed by atoms with van der Waals surface area (Å²) >= 11 is 0. The van der Waals surface area contributed by atoms with E-state index in [0.717, 1.165) is 37.0 Å². The zero-order valence-electron chi connectivity index (χ0n) is 13.5. The van der Waals surface area contributed by atoms with Crippen molar-refractivity contribution in [3.05, 3.63) is 12.3 Å². The van der Waals surface area contributed by atoms with E-state index >= 15 is 0 Å². The number of carbonyl (C=O) groups excluding carboxylic acids is 1. The summed E-state index contributed by atoms with van der Waals surface area (Å²) in [6.45, 7) is 0. The van der Waals surface area contributed by atoms with Gasteiger partial charge in [0.05, 0.1) is 7.11 Å². The van der Waals surface area contributed by atoms with Crippen LogP contribution in [0, 0.1) is 23.2 Å². The number of hydrogen-bond donors (Lipinski definition) is 2. The first-order valence-electron chi connectivity index (χ1n) is 8.51. The summed E-state index contributed by atoms with van der Waals surface area (Å²) in [7, 11) is 1.53. The van der Waals surface area contributed by atoms with Crippen LogP contribution in [0.3, 0.4) is 0 Å². The second-order valence-corrected chi connectivity index (χ2v) is 7.69. The first-order valence-corrected chi connectivity index (χ1v) is 8.51. The largest absolute Gasteiger partial charge is 0.467 e. The molecule has 1 atom stereocenters. The summed E-state index contributed by atoms with van der Waals surface area (Å²) in [5.41, 5.74) is 5.80. The summed E-state index contributed by atoms with van der Waals surface area (Å²) < 4.78 is 5.07. The van der Waals surface area contributed by atoms with E-state index in [0.29, 0.717) is 11.8 Å². The number of aromatic nitrogens is 2. The molecule has 124 valence electrons. The lowest BCUT2D eigenvalue weighted by Crippen LogP contribution is -2.58. The first-order chi connectivity index (χ1) is 11.1. The minimum Gasteiger partial charge on any atom is -0.467 e. The van der Waals surface area contributed by atoms with E-state index < -0.39 is 0 Å². The summed E-state index contributed by atoms with van der Waals surface area (Å²) in [4.78, 5) is 20.6. The first kappa shape index (κ1) is 14.7. The Balaban J connectivity index is 1.62. The number of anilines is 1. The van der Waals surface area contributed by atoms with Crippen molar-refractivity contribution in [1.29, 1.82) is 0 Å². The van der Waals surface area contributed by atoms with Crippen molar-refractivity contribution in [2.24, 2.45) is 28.9 Å². The van der Waals surface area contributed by atoms with E-state index in [2.05, 4.69) is 15.3 Å². The third-order valence-corrected chi connectivity index (χ3v) is 6.09. The molecule has 5 rings (SSSR count). The number of methoxy groups -OCH3 is 1. The predicted octanol–water partition coefficient (Wildman–Crippen LogP) is 1.97. The molecule has 4 saturated carbocycles. The molecule has 1 amide bonds. The second-order valence-electron chi connectivity index (χ2n) is 7.69. The molecule has 4 fully saturated rings. The molecular formula is C17H24N4O2. The molecule has 1 aromatic heterocycles. The molecule has 0 spiro atoms. The SMILES string of the molecule is COc1nccc(NC(C(N)=O)C23CC4CC(CC(C4)C2)C3)n1. The number of ether oxygens (including phenoxy) is 1. The minimum atomic E-state index is -0.365. The van der Waals surface area contributed by atoms with Crippen LogP contribution in [-0.4, -0.2) is 29.0 Å². The zero-order chi connectivity index (χ0) is 16.0. The Morgan fingerprint density at radius 2 is 1.91 bits per heavy atom. The molecule has 4 aliphatic rings. The van der Waals surface area contributed by atoms with Crippen molar-refractivity contribution in [2.75, 3.05) is 12.4 Å². The number of rotatable bonds is 5. The van der Waals surface area contributed by atoms with E-state index in [1.54, 1.807) is 12.3 Å². The Kier molecular flexibility index (Phi) is 3.43. The van der Waals surface area contributed by atoms with Gasteiger partial charge in [-0.05, 0) is 62.3 Å². The van der Waals surface area contributed by atoms with Crippen LogP contribution in [0.1, 0.15) is 38.5 Å². The van der Waals surface area contributed by atoms with Crippen LogP contribution >= 0.6 is 0 Å². The van der Waals surface area contributed by atoms with Crippen molar-refractivity contribution < 1.29 is 9.53 Å². The summed E-state index contributed by atoms with van der Waals surface area (Å²) in [6.07, 6.45) is 8.99. The molecule has 0 aliphatic heterocycles. The summed E-state index contributed by atoms with van der Waals surface area (Å²) in [5.74, 6) is 2.64. The smallest absolute Gasteiger partial charge is 0.318 e. The van der Waals surface area contributed by atoms with Crippen LogP contribution in [-0.2, 0) is 4.79 Å². The normalized spacial score (nSPS) is 35.8. The van der Waals surface area contributed by atoms with Gasteiger partial charge < -0.3 is 15.8 Å². The number of nitrogens with zero attached hydrogens (tertiary/aromatic N) is 2. The van der Waals surface area contributed by atoms with Gasteiger partial charge >= 0.3 is 6.01 Å². The number of nitrogens with one attached hydrogen (secondary N) is 1. The number of amides is 1. The number of primary amides is 1. The van der Waals surface area contributed by atoms with E-state index in [1.807, 2.05) is 0 Å². The van der Waals surface area contributed by atoms with Crippen LogP contribution in [0.2, 0.25) is 0 Å². The van der Waals surface area contributed by atoms with Gasteiger partial charge in [-0.3, -0.25) is 4.79 Å². The van der Waals surface area contributed by atoms with E-state index in [-0.39, 0.29) is 17.4 Å². The highest BCUT2D eigenvalue weighted by atomic mass is 16.5. The standard InChI is InChI=1S/C17H24N4O2/c1-23-16-19-3-2-13(21-16)20-14(15(18)22)17-7-10-4-11(8-17)6-12(5-10)9-17/h2-3,10-12,14H,4-9H2,1H3,(H2,18,22)(H,19,20,21). The summed E-state index contributed by atoms with van der Waals surface area (Å²) in [6, 6.07) is 1.69. The molecular weight excluding hydrogens is 292 g/mol. The van der Waals surface area contributed by atoms with Crippen LogP contribution in [0.25, 0.3) is 0 Å². The Morgan fingerprint density at radius 3 is 2.43 bits per heavy atom. The minimum absolute atomic E-state index is 0.00122. The van der Waals surface area contributed by atoms with Crippen molar-refractivity contribution in [1.82, 2.24) is 9.97 Å². The van der Waals surface area contributed by atoms with Crippen molar-refractivity contribution in [3.63, 3.8) is 0 Å². The highest BCUT2D eigenvalue weighted by molar-refractivity contribution is 5.83. The van der Waals surface area contributed by atoms with Crippen molar-refractivity contribution in [2.45, 2.75) is 44.6 Å². The van der Waals surface area contributed by atoms with Crippen LogP contribution in [0.4, 0.5) is 5.82 Å². The van der Waals surface area contributed by atoms with Gasteiger partial charge in [-0.15, -0.1) is 0 Å². The van der Waals surface area contributed by atoms with Gasteiger partial charge in [0.15, 0.2) is 0 Å². The quantitative estimate of drug-likeness (QED) is 0.866. The third kappa shape index (κ3) is 2.54. The Bertz CT molecular complexity index is 583. The fourth-order valence-electron chi connectivity index (χ4n) is 5.72. The van der Waals surface area contributed by atoms with Gasteiger partial charge in [-0.25, -0.2) is 4.98 Å². The molecule has 1 heterocycles. The van der Waals surface area contributed by atoms with Gasteiger partial charge in [0, 0.05) is 11.6 Å². The lowest BCUT2D eigenvalue weighted by atomic mass is 9.47. The van der Waals surface area contributed by atoms with E-state index in [4.69, 9.17) is 10.5 Å². The molecule has 3 N–H and O–H groups in total. The average Bonchev–Trinajstić information content (AvgIpc) is 2.51. The van der Waals surface area contributed by atoms with E-state index in [1.165, 1.54) is 26.4 Å². The molecule has 1 unspecified atom stereocenters. The van der Waals surface area contributed by atoms with Crippen LogP contribution in [0.5, 0.6) is 6.01 Å². The fraction of sp³-hybridized carbons (Fsp3) is 0.706. The van der Waals surface area contributed by atoms with Crippen molar-refractivity contribution >= 4 is 11.7 Å². The molecule has 4 bridgehead atoms. The van der Waals surface area contributed by atoms with Gasteiger partial charge in [0.1, 0.15) is 11.9 Å². The molecule has 0 radical (unpaired) electrons. The number of carbonyl (C=O) groups is 1. The molecule has 23 heavy (non-hydrogen) atoms. The van der Waals surface area contributed by atoms with E-state index in [9.17, 15) is 4.79 Å². The molecule has 6 heteroatoms. The topological polar surface area (TPSA) is 90.1 Å². The maximum absolute atomic E-state index is 12.3. The third-order valence-electron chi connectivity index (χ3n) is 6.09. The molecule has 4 aliphatic carbocycles. The predicted molar refractivity (Wildman–Crippen MR) is 85.8 cm³/mol. The molecule has 6 nitrogen and oxygen atoms in total. The summed E-state index contributed by atoms with van der Waals surface area (Å²) in [5, 5.41) is 3.30. The number of hydrogen-bond acceptors (Lipinski definition) is 5. The Labute approximate surface area is 136 Å². The van der Waals surface area contributed by atoms with Gasteiger partial charge in [-0.2, -0.15) is 4.98 Å². The van der Waals surface area contributed by atoms with Gasteiger partial charge in [0.2, 0.25) is 5.91 Å². The van der Waals surface area contributed by atoms with Crippen LogP contribution < -0.4 is 15.8 Å². The molecule has 0 aromatic carbocycles. The fourth-order valence-corrected chi connectivity index (χ4v) is 5.72. The van der Waals surface area contributed by atoms with Gasteiger partial charge in [0.25, 0.3) is 0 Å². The monoisotopic (exact) mass is 316 g/mol. The molecule has 0 saturated heterocycles.